The van der Waals surface area contributed by atoms with E-state index in [0.29, 0.717) is 0 Å². The number of halogens is 1. The minimum absolute atomic E-state index is 1.37. The monoisotopic (exact) mass is 1140 g/mol. The molecule has 0 heterocycles. The molecule has 0 fully saturated rings. The maximum absolute atomic E-state index is 8.61. The Morgan fingerprint density at radius 1 is 0.128 bits per heavy atom. The number of hydrogen-bond donors (Lipinski definition) is 0. The van der Waals surface area contributed by atoms with Gasteiger partial charge in [-0.1, -0.05) is 182 Å². The van der Waals surface area contributed by atoms with Gasteiger partial charge in [-0.15, -0.1) is 0 Å². The molecule has 0 aliphatic heterocycles. The molecule has 0 rings (SSSR count). The van der Waals surface area contributed by atoms with Gasteiger partial charge in [0.2, 0.25) is 0 Å². The molecule has 0 N–H and O–H groups in total. The smallest absolute Gasteiger partial charge is 0.0654 e. The second-order valence-corrected chi connectivity index (χ2v) is 35.6. The predicted molar refractivity (Wildman–Crippen MR) is 369 cm³/mol. The van der Waals surface area contributed by atoms with Gasteiger partial charge in [-0.3, -0.25) is 0 Å². The number of unbranched alkanes of at least 4 members (excludes halogenated alkanes) is 64. The third-order valence-electron chi connectivity index (χ3n) is 19.3. The standard InChI is InChI=1S/C76H156ClP/c1-5-9-13-17-21-25-29-33-37-41-45-49-53-57-61-65-69-73-78(77,74-70-66-62-58-54-50-46-42-38-34-30-26-22-18-14-10-6-2,75-71-67-63-59-55-51-47-43-39-35-31-27-23-19-15-11-7-3)76-72-68-64-60-56-52-48-44-40-36-32-28-24-20-16-12-8-4/h5-76H2,1-4H3. The molecule has 0 bridgehead atoms. The molecule has 0 radical (unpaired) electrons. The van der Waals surface area contributed by atoms with Gasteiger partial charge >= 0.3 is 324 Å². The van der Waals surface area contributed by atoms with E-state index in [1.54, 1.807) is 0 Å². The predicted octanol–water partition coefficient (Wildman–Crippen LogP) is 30.3. The Kier molecular flexibility index (Phi) is 67.5. The van der Waals surface area contributed by atoms with Crippen LogP contribution in [0.2, 0.25) is 0 Å². The van der Waals surface area contributed by atoms with E-state index in [9.17, 15) is 0 Å². The molecule has 0 aromatic carbocycles. The van der Waals surface area contributed by atoms with Crippen LogP contribution in [-0.4, -0.2) is 24.6 Å². The van der Waals surface area contributed by atoms with E-state index in [0.717, 1.165) is 0 Å². The van der Waals surface area contributed by atoms with E-state index in [1.807, 2.05) is 0 Å². The minimum Gasteiger partial charge on any atom is -0.0654 e. The van der Waals surface area contributed by atoms with E-state index in [2.05, 4.69) is 27.7 Å². The fourth-order valence-corrected chi connectivity index (χ4v) is 20.4. The molecule has 2 heteroatoms. The average molecular weight is 1140 g/mol. The van der Waals surface area contributed by atoms with Gasteiger partial charge in [0, 0.05) is 0 Å². The summed E-state index contributed by atoms with van der Waals surface area (Å²) < 4.78 is 0. The van der Waals surface area contributed by atoms with E-state index in [-0.39, 0.29) is 0 Å². The number of hydrogen-bond acceptors (Lipinski definition) is 0. The van der Waals surface area contributed by atoms with E-state index >= 15 is 0 Å². The Morgan fingerprint density at radius 3 is 0.295 bits per heavy atom. The molecular formula is C76H156ClP. The topological polar surface area (TPSA) is 0 Å². The summed E-state index contributed by atoms with van der Waals surface area (Å²) in [6.07, 6.45) is 105. The van der Waals surface area contributed by atoms with Crippen LogP contribution in [0.5, 0.6) is 0 Å². The first-order valence-electron chi connectivity index (χ1n) is 38.3. The van der Waals surface area contributed by atoms with Crippen LogP contribution in [0.25, 0.3) is 0 Å². The second kappa shape index (κ2) is 66.9. The summed E-state index contributed by atoms with van der Waals surface area (Å²) in [5.74, 6) is -2.27. The molecule has 0 aromatic heterocycles. The Bertz CT molecular complexity index is 891. The molecule has 0 aliphatic carbocycles. The second-order valence-electron chi connectivity index (χ2n) is 27.3. The summed E-state index contributed by atoms with van der Waals surface area (Å²) in [7, 11) is 0. The van der Waals surface area contributed by atoms with Crippen LogP contribution in [0, 0.1) is 0 Å². The zero-order valence-corrected chi connectivity index (χ0v) is 57.4. The van der Waals surface area contributed by atoms with Crippen LogP contribution in [0.15, 0.2) is 0 Å². The third-order valence-corrected chi connectivity index (χ3v) is 27.0. The van der Waals surface area contributed by atoms with Crippen molar-refractivity contribution in [3.05, 3.63) is 0 Å². The molecule has 0 unspecified atom stereocenters. The fourth-order valence-electron chi connectivity index (χ4n) is 13.6. The van der Waals surface area contributed by atoms with Crippen LogP contribution in [0.1, 0.15) is 464 Å². The molecule has 0 nitrogen and oxygen atoms in total. The van der Waals surface area contributed by atoms with Gasteiger partial charge in [0.25, 0.3) is 0 Å². The quantitative estimate of drug-likeness (QED) is 0.0421. The first-order valence-corrected chi connectivity index (χ1v) is 42.1. The van der Waals surface area contributed by atoms with E-state index < -0.39 is 5.96 Å². The zero-order valence-electron chi connectivity index (χ0n) is 55.7. The molecule has 472 valence electrons. The van der Waals surface area contributed by atoms with Crippen molar-refractivity contribution in [3.63, 3.8) is 0 Å². The average Bonchev–Trinajstić information content (AvgIpc) is 3.49. The SMILES string of the molecule is CCCCCCCCCCCCCCCCCCCP(Cl)(CCCCCCCCCCCCCCCCCCC)(CCCCCCCCCCCCCCCCCCC)CCCCCCCCCCCCCCCCCCC. The van der Waals surface area contributed by atoms with Gasteiger partial charge in [0.15, 0.2) is 0 Å². The molecule has 0 atom stereocenters. The molecule has 0 saturated carbocycles. The summed E-state index contributed by atoms with van der Waals surface area (Å²) >= 11 is 8.61. The zero-order chi connectivity index (χ0) is 56.4. The first-order chi connectivity index (χ1) is 38.5. The Labute approximate surface area is 503 Å². The maximum atomic E-state index is 8.61. The van der Waals surface area contributed by atoms with E-state index in [1.165, 1.54) is 461 Å². The van der Waals surface area contributed by atoms with Gasteiger partial charge in [-0.2, -0.15) is 0 Å². The van der Waals surface area contributed by atoms with Gasteiger partial charge in [0.05, 0.1) is 0 Å². The van der Waals surface area contributed by atoms with Crippen molar-refractivity contribution < 1.29 is 0 Å². The number of rotatable bonds is 72. The van der Waals surface area contributed by atoms with Crippen LogP contribution >= 0.6 is 17.2 Å². The van der Waals surface area contributed by atoms with Gasteiger partial charge in [-0.25, -0.2) is 0 Å². The Hall–Kier alpha value is 0.720. The molecule has 0 spiro atoms. The molecule has 0 saturated heterocycles. The molecule has 78 heavy (non-hydrogen) atoms. The van der Waals surface area contributed by atoms with Crippen LogP contribution in [0.4, 0.5) is 0 Å². The molecule has 0 aliphatic rings. The van der Waals surface area contributed by atoms with Crippen molar-refractivity contribution in [1.29, 1.82) is 0 Å². The van der Waals surface area contributed by atoms with Crippen molar-refractivity contribution in [3.8, 4) is 0 Å². The van der Waals surface area contributed by atoms with Crippen LogP contribution in [-0.2, 0) is 0 Å². The van der Waals surface area contributed by atoms with Crippen LogP contribution < -0.4 is 0 Å². The van der Waals surface area contributed by atoms with Crippen molar-refractivity contribution in [2.45, 2.75) is 464 Å². The van der Waals surface area contributed by atoms with Crippen molar-refractivity contribution in [2.75, 3.05) is 24.6 Å². The normalized spacial score (nSPS) is 12.6. The van der Waals surface area contributed by atoms with Crippen molar-refractivity contribution in [1.82, 2.24) is 0 Å². The van der Waals surface area contributed by atoms with Crippen LogP contribution in [0.3, 0.4) is 0 Å². The first kappa shape index (κ1) is 78.7. The third kappa shape index (κ3) is 61.3. The summed E-state index contributed by atoms with van der Waals surface area (Å²) in [5.41, 5.74) is 0. The molecular weight excluding hydrogens is 979 g/mol. The van der Waals surface area contributed by atoms with Gasteiger partial charge in [0.1, 0.15) is 0 Å². The Balaban J connectivity index is 5.09. The summed E-state index contributed by atoms with van der Waals surface area (Å²) in [5, 5.41) is 0. The minimum atomic E-state index is -2.27. The van der Waals surface area contributed by atoms with Gasteiger partial charge < -0.3 is 0 Å². The van der Waals surface area contributed by atoms with Crippen molar-refractivity contribution >= 4 is 17.2 Å². The molecule has 0 amide bonds. The Morgan fingerprint density at radius 2 is 0.205 bits per heavy atom. The van der Waals surface area contributed by atoms with E-state index in [4.69, 9.17) is 11.2 Å². The van der Waals surface area contributed by atoms with Crippen molar-refractivity contribution in [2.24, 2.45) is 0 Å². The molecule has 0 aromatic rings. The fraction of sp³-hybridized carbons (Fsp3) is 1.00. The summed E-state index contributed by atoms with van der Waals surface area (Å²) in [6.45, 7) is 9.32. The summed E-state index contributed by atoms with van der Waals surface area (Å²) in [4.78, 5) is 0. The van der Waals surface area contributed by atoms with Gasteiger partial charge in [-0.05, 0) is 0 Å². The summed E-state index contributed by atoms with van der Waals surface area (Å²) in [6, 6.07) is 0.